The number of benzene rings is 2. The van der Waals surface area contributed by atoms with Gasteiger partial charge in [-0.3, -0.25) is 0 Å². The van der Waals surface area contributed by atoms with E-state index in [1.165, 1.54) is 5.56 Å². The average Bonchev–Trinajstić information content (AvgIpc) is 3.12. The second kappa shape index (κ2) is 9.38. The van der Waals surface area contributed by atoms with Gasteiger partial charge in [-0.2, -0.15) is 0 Å². The van der Waals surface area contributed by atoms with E-state index in [9.17, 15) is 0 Å². The molecule has 136 valence electrons. The zero-order valence-electron chi connectivity index (χ0n) is 13.7. The van der Waals surface area contributed by atoms with Gasteiger partial charge < -0.3 is 4.57 Å². The summed E-state index contributed by atoms with van der Waals surface area (Å²) in [5.41, 5.74) is 1.26. The largest absolute Gasteiger partial charge is 0.336 e. The van der Waals surface area contributed by atoms with Crippen molar-refractivity contribution >= 4 is 58.2 Å². The molecule has 7 heteroatoms. The van der Waals surface area contributed by atoms with Gasteiger partial charge in [0.25, 0.3) is 0 Å². The molecule has 0 amide bonds. The Labute approximate surface area is 177 Å². The molecule has 2 nitrogen and oxygen atoms in total. The fraction of sp³-hybridized carbons (Fsp3) is 0.211. The Bertz CT molecular complexity index is 851. The van der Waals surface area contributed by atoms with E-state index < -0.39 is 0 Å². The molecule has 0 bridgehead atoms. The van der Waals surface area contributed by atoms with Crippen LogP contribution in [0.5, 0.6) is 0 Å². The molecule has 0 fully saturated rings. The van der Waals surface area contributed by atoms with Crippen LogP contribution in [0.2, 0.25) is 20.1 Å². The Morgan fingerprint density at radius 1 is 0.962 bits per heavy atom. The van der Waals surface area contributed by atoms with Gasteiger partial charge in [0.15, 0.2) is 0 Å². The van der Waals surface area contributed by atoms with Crippen molar-refractivity contribution in [3.05, 3.63) is 80.8 Å². The third kappa shape index (κ3) is 5.58. The molecular weight excluding hydrogens is 430 g/mol. The van der Waals surface area contributed by atoms with Crippen molar-refractivity contribution in [2.24, 2.45) is 0 Å². The molecule has 0 N–H and O–H groups in total. The first-order valence-corrected chi connectivity index (χ1v) is 10.4. The van der Waals surface area contributed by atoms with Crippen molar-refractivity contribution in [3.8, 4) is 0 Å². The maximum Gasteiger partial charge on any atom is 0.0946 e. The maximum atomic E-state index is 6.36. The molecule has 1 atom stereocenters. The Hall–Kier alpha value is -0.840. The van der Waals surface area contributed by atoms with Crippen LogP contribution >= 0.6 is 58.2 Å². The number of halogens is 4. The van der Waals surface area contributed by atoms with Crippen LogP contribution in [0.4, 0.5) is 0 Å². The predicted octanol–water partition coefficient (Wildman–Crippen LogP) is 7.29. The van der Waals surface area contributed by atoms with E-state index in [0.29, 0.717) is 20.3 Å². The second-order valence-electron chi connectivity index (χ2n) is 5.86. The van der Waals surface area contributed by atoms with Gasteiger partial charge in [0.2, 0.25) is 0 Å². The van der Waals surface area contributed by atoms with E-state index in [0.717, 1.165) is 29.3 Å². The van der Waals surface area contributed by atoms with Crippen LogP contribution in [-0.4, -0.2) is 14.8 Å². The molecule has 0 aliphatic heterocycles. The van der Waals surface area contributed by atoms with Gasteiger partial charge in [-0.1, -0.05) is 58.5 Å². The van der Waals surface area contributed by atoms with Gasteiger partial charge in [-0.05, 0) is 42.7 Å². The van der Waals surface area contributed by atoms with Crippen molar-refractivity contribution in [3.63, 3.8) is 0 Å². The Kier molecular flexibility index (Phi) is 7.19. The van der Waals surface area contributed by atoms with Gasteiger partial charge in [0.05, 0.1) is 21.4 Å². The third-order valence-electron chi connectivity index (χ3n) is 3.91. The summed E-state index contributed by atoms with van der Waals surface area (Å²) in [6.45, 7) is 0.828. The lowest BCUT2D eigenvalue weighted by atomic mass is 10.1. The first-order valence-electron chi connectivity index (χ1n) is 8.02. The number of hydrogen-bond donors (Lipinski definition) is 0. The first-order chi connectivity index (χ1) is 12.5. The zero-order valence-corrected chi connectivity index (χ0v) is 17.5. The average molecular weight is 446 g/mol. The highest BCUT2D eigenvalue weighted by molar-refractivity contribution is 8.00. The van der Waals surface area contributed by atoms with Gasteiger partial charge in [0.1, 0.15) is 0 Å². The number of aryl methyl sites for hydroxylation is 1. The standard InChI is InChI=1S/C19H16Cl4N2S/c20-14-4-1-13(2-5-14)3-6-15(11-25-8-7-24-12-25)26-19-10-17(22)16(21)9-18(19)23/h1-2,4-5,7-10,12,15H,3,6,11H2. The van der Waals surface area contributed by atoms with Crippen molar-refractivity contribution < 1.29 is 0 Å². The molecule has 1 unspecified atom stereocenters. The van der Waals surface area contributed by atoms with E-state index in [1.54, 1.807) is 24.0 Å². The number of hydrogen-bond acceptors (Lipinski definition) is 2. The molecule has 0 aliphatic carbocycles. The van der Waals surface area contributed by atoms with Crippen LogP contribution in [0.1, 0.15) is 12.0 Å². The lowest BCUT2D eigenvalue weighted by Crippen LogP contribution is -2.13. The summed E-state index contributed by atoms with van der Waals surface area (Å²) in [7, 11) is 0. The highest BCUT2D eigenvalue weighted by Gasteiger charge is 2.15. The van der Waals surface area contributed by atoms with E-state index in [1.807, 2.05) is 30.7 Å². The highest BCUT2D eigenvalue weighted by Crippen LogP contribution is 2.38. The first kappa shape index (κ1) is 19.9. The molecule has 0 saturated carbocycles. The normalized spacial score (nSPS) is 12.3. The van der Waals surface area contributed by atoms with Crippen LogP contribution in [-0.2, 0) is 13.0 Å². The van der Waals surface area contributed by atoms with Crippen molar-refractivity contribution in [1.82, 2.24) is 9.55 Å². The molecule has 1 aromatic heterocycles. The Morgan fingerprint density at radius 2 is 1.69 bits per heavy atom. The molecule has 0 saturated heterocycles. The lowest BCUT2D eigenvalue weighted by Gasteiger charge is -2.18. The highest BCUT2D eigenvalue weighted by atomic mass is 35.5. The van der Waals surface area contributed by atoms with E-state index in [-0.39, 0.29) is 0 Å². The summed E-state index contributed by atoms with van der Waals surface area (Å²) in [5.74, 6) is 0. The number of nitrogens with zero attached hydrogens (tertiary/aromatic N) is 2. The van der Waals surface area contributed by atoms with Gasteiger partial charge >= 0.3 is 0 Å². The van der Waals surface area contributed by atoms with E-state index in [4.69, 9.17) is 46.4 Å². The number of rotatable bonds is 7. The fourth-order valence-electron chi connectivity index (χ4n) is 2.57. The maximum absolute atomic E-state index is 6.36. The zero-order chi connectivity index (χ0) is 18.5. The van der Waals surface area contributed by atoms with E-state index in [2.05, 4.69) is 21.7 Å². The van der Waals surface area contributed by atoms with Crippen LogP contribution in [0.3, 0.4) is 0 Å². The summed E-state index contributed by atoms with van der Waals surface area (Å²) in [5, 5.41) is 2.65. The Balaban J connectivity index is 1.74. The lowest BCUT2D eigenvalue weighted by molar-refractivity contribution is 0.624. The topological polar surface area (TPSA) is 17.8 Å². The van der Waals surface area contributed by atoms with Gasteiger partial charge in [-0.15, -0.1) is 11.8 Å². The quantitative estimate of drug-likeness (QED) is 0.280. The molecular formula is C19H16Cl4N2S. The third-order valence-corrected chi connectivity index (χ3v) is 6.62. The molecule has 1 heterocycles. The molecule has 0 radical (unpaired) electrons. The van der Waals surface area contributed by atoms with Crippen LogP contribution in [0, 0.1) is 0 Å². The minimum atomic E-state index is 0.301. The molecule has 3 rings (SSSR count). The molecule has 0 aliphatic rings. The summed E-state index contributed by atoms with van der Waals surface area (Å²) in [6.07, 6.45) is 7.50. The molecule has 2 aromatic carbocycles. The summed E-state index contributed by atoms with van der Waals surface area (Å²) in [4.78, 5) is 5.06. The minimum Gasteiger partial charge on any atom is -0.336 e. The van der Waals surface area contributed by atoms with Crippen molar-refractivity contribution in [2.45, 2.75) is 29.5 Å². The molecule has 0 spiro atoms. The fourth-order valence-corrected chi connectivity index (χ4v) is 4.64. The molecule has 3 aromatic rings. The van der Waals surface area contributed by atoms with Crippen LogP contribution in [0.25, 0.3) is 0 Å². The SMILES string of the molecule is Clc1ccc(CCC(Cn2ccnc2)Sc2cc(Cl)c(Cl)cc2Cl)cc1. The predicted molar refractivity (Wildman–Crippen MR) is 113 cm³/mol. The summed E-state index contributed by atoms with van der Waals surface area (Å²) >= 11 is 26.3. The van der Waals surface area contributed by atoms with Crippen LogP contribution in [0.15, 0.2) is 60.0 Å². The molecule has 26 heavy (non-hydrogen) atoms. The Morgan fingerprint density at radius 3 is 2.38 bits per heavy atom. The number of thioether (sulfide) groups is 1. The van der Waals surface area contributed by atoms with Crippen LogP contribution < -0.4 is 0 Å². The van der Waals surface area contributed by atoms with Crippen molar-refractivity contribution in [2.75, 3.05) is 0 Å². The van der Waals surface area contributed by atoms with E-state index >= 15 is 0 Å². The summed E-state index contributed by atoms with van der Waals surface area (Å²) < 4.78 is 2.07. The van der Waals surface area contributed by atoms with Gasteiger partial charge in [-0.25, -0.2) is 4.98 Å². The monoisotopic (exact) mass is 444 g/mol. The minimum absolute atomic E-state index is 0.301. The number of imidazole rings is 1. The van der Waals surface area contributed by atoms with Crippen molar-refractivity contribution in [1.29, 1.82) is 0 Å². The second-order valence-corrected chi connectivity index (χ2v) is 8.86. The van der Waals surface area contributed by atoms with Gasteiger partial charge in [0, 0.05) is 34.1 Å². The number of aromatic nitrogens is 2. The summed E-state index contributed by atoms with van der Waals surface area (Å²) in [6, 6.07) is 11.5. The smallest absolute Gasteiger partial charge is 0.0946 e.